The van der Waals surface area contributed by atoms with Crippen LogP contribution in [0.2, 0.25) is 0 Å². The second-order valence-electron chi connectivity index (χ2n) is 6.59. The molecule has 3 aromatic rings. The van der Waals surface area contributed by atoms with Gasteiger partial charge in [0.15, 0.2) is 0 Å². The number of fused-ring (bicyclic) bond motifs is 2. The minimum absolute atomic E-state index is 0.183. The van der Waals surface area contributed by atoms with Crippen molar-refractivity contribution in [3.63, 3.8) is 0 Å². The van der Waals surface area contributed by atoms with E-state index >= 15 is 0 Å². The van der Waals surface area contributed by atoms with Gasteiger partial charge in [-0.25, -0.2) is 0 Å². The minimum Gasteiger partial charge on any atom is -0.352 e. The third-order valence-electron chi connectivity index (χ3n) is 4.77. The number of nitrogens with zero attached hydrogens (tertiary/aromatic N) is 2. The number of aromatic nitrogens is 1. The third-order valence-corrected chi connectivity index (χ3v) is 4.77. The Bertz CT molecular complexity index is 1030. The highest BCUT2D eigenvalue weighted by atomic mass is 16.2. The number of carbonyl (C=O) groups excluding carboxylic acids is 2. The van der Waals surface area contributed by atoms with Crippen LogP contribution in [0.15, 0.2) is 66.9 Å². The summed E-state index contributed by atoms with van der Waals surface area (Å²) in [5.41, 5.74) is 4.30. The number of pyridine rings is 1. The Hall–Kier alpha value is -3.67. The molecule has 2 aromatic carbocycles. The van der Waals surface area contributed by atoms with Gasteiger partial charge in [0.25, 0.3) is 11.8 Å². The summed E-state index contributed by atoms with van der Waals surface area (Å²) in [6.45, 7) is 0.491. The molecule has 2 N–H and O–H groups in total. The summed E-state index contributed by atoms with van der Waals surface area (Å²) in [5.74, 6) is -0.369. The van der Waals surface area contributed by atoms with Crippen molar-refractivity contribution in [1.29, 1.82) is 0 Å². The van der Waals surface area contributed by atoms with Crippen molar-refractivity contribution in [2.24, 2.45) is 0 Å². The molecule has 6 heteroatoms. The lowest BCUT2D eigenvalue weighted by Gasteiger charge is -2.21. The smallest absolute Gasteiger partial charge is 0.257 e. The normalized spacial score (nSPS) is 12.5. The van der Waals surface area contributed by atoms with E-state index in [4.69, 9.17) is 0 Å². The molecule has 6 nitrogen and oxygen atoms in total. The van der Waals surface area contributed by atoms with Gasteiger partial charge in [-0.15, -0.1) is 0 Å². The lowest BCUT2D eigenvalue weighted by Crippen LogP contribution is -2.26. The van der Waals surface area contributed by atoms with Crippen molar-refractivity contribution in [2.45, 2.75) is 6.42 Å². The maximum absolute atomic E-state index is 12.6. The number of amides is 2. The first kappa shape index (κ1) is 17.7. The molecule has 0 saturated heterocycles. The Morgan fingerprint density at radius 1 is 1.07 bits per heavy atom. The van der Waals surface area contributed by atoms with Crippen LogP contribution in [0.3, 0.4) is 0 Å². The van der Waals surface area contributed by atoms with Crippen molar-refractivity contribution in [1.82, 2.24) is 10.3 Å². The van der Waals surface area contributed by atoms with Crippen molar-refractivity contribution in [2.75, 3.05) is 23.8 Å². The molecular weight excluding hydrogens is 352 g/mol. The third kappa shape index (κ3) is 3.44. The van der Waals surface area contributed by atoms with Crippen molar-refractivity contribution < 1.29 is 9.59 Å². The van der Waals surface area contributed by atoms with E-state index < -0.39 is 0 Å². The molecule has 140 valence electrons. The van der Waals surface area contributed by atoms with Gasteiger partial charge < -0.3 is 15.5 Å². The molecule has 0 spiro atoms. The van der Waals surface area contributed by atoms with Gasteiger partial charge in [-0.1, -0.05) is 18.2 Å². The Kier molecular flexibility index (Phi) is 4.76. The predicted molar refractivity (Wildman–Crippen MR) is 109 cm³/mol. The summed E-state index contributed by atoms with van der Waals surface area (Å²) < 4.78 is 0. The van der Waals surface area contributed by atoms with Gasteiger partial charge in [0.2, 0.25) is 0 Å². The lowest BCUT2D eigenvalue weighted by atomic mass is 10.1. The van der Waals surface area contributed by atoms with Crippen LogP contribution >= 0.6 is 0 Å². The number of para-hydroxylation sites is 1. The maximum atomic E-state index is 12.6. The van der Waals surface area contributed by atoms with E-state index in [0.29, 0.717) is 29.8 Å². The van der Waals surface area contributed by atoms with Crippen LogP contribution in [0.5, 0.6) is 0 Å². The Morgan fingerprint density at radius 3 is 2.71 bits per heavy atom. The zero-order chi connectivity index (χ0) is 19.5. The Labute approximate surface area is 163 Å². The molecule has 1 aromatic heterocycles. The highest BCUT2D eigenvalue weighted by Gasteiger charge is 2.23. The van der Waals surface area contributed by atoms with Gasteiger partial charge in [-0.3, -0.25) is 14.6 Å². The molecule has 1 aliphatic heterocycles. The largest absolute Gasteiger partial charge is 0.352 e. The van der Waals surface area contributed by atoms with E-state index in [2.05, 4.69) is 15.6 Å². The second-order valence-corrected chi connectivity index (χ2v) is 6.59. The minimum atomic E-state index is -0.186. The Balaban J connectivity index is 1.52. The molecule has 28 heavy (non-hydrogen) atoms. The molecule has 2 heterocycles. The summed E-state index contributed by atoms with van der Waals surface area (Å²) >= 11 is 0. The molecule has 0 atom stereocenters. The summed E-state index contributed by atoms with van der Waals surface area (Å²) in [6.07, 6.45) is 2.40. The number of nitrogens with one attached hydrogen (secondary N) is 2. The van der Waals surface area contributed by atoms with Gasteiger partial charge in [0.1, 0.15) is 0 Å². The van der Waals surface area contributed by atoms with Crippen LogP contribution in [-0.4, -0.2) is 30.4 Å². The van der Waals surface area contributed by atoms with E-state index in [-0.39, 0.29) is 11.8 Å². The van der Waals surface area contributed by atoms with E-state index in [9.17, 15) is 9.59 Å². The van der Waals surface area contributed by atoms with Crippen LogP contribution in [0.25, 0.3) is 0 Å². The molecule has 0 unspecified atom stereocenters. The number of carbonyl (C=O) groups is 2. The SMILES string of the molecule is CN1c2ccc(C(=O)NCCc3ccccn3)cc2NC(=O)c2ccccc21. The van der Waals surface area contributed by atoms with Gasteiger partial charge >= 0.3 is 0 Å². The van der Waals surface area contributed by atoms with Crippen molar-refractivity contribution in [3.05, 3.63) is 83.7 Å². The summed E-state index contributed by atoms with van der Waals surface area (Å²) in [4.78, 5) is 31.3. The highest BCUT2D eigenvalue weighted by molar-refractivity contribution is 6.13. The molecule has 0 fully saturated rings. The first-order chi connectivity index (χ1) is 13.6. The quantitative estimate of drug-likeness (QED) is 0.736. The molecular formula is C22H20N4O2. The van der Waals surface area contributed by atoms with Crippen LogP contribution < -0.4 is 15.5 Å². The van der Waals surface area contributed by atoms with Gasteiger partial charge in [0.05, 0.1) is 22.6 Å². The maximum Gasteiger partial charge on any atom is 0.257 e. The fourth-order valence-corrected chi connectivity index (χ4v) is 3.30. The number of benzene rings is 2. The molecule has 0 bridgehead atoms. The van der Waals surface area contributed by atoms with Crippen LogP contribution in [0, 0.1) is 0 Å². The van der Waals surface area contributed by atoms with Crippen LogP contribution in [-0.2, 0) is 6.42 Å². The number of rotatable bonds is 4. The lowest BCUT2D eigenvalue weighted by molar-refractivity contribution is 0.0952. The molecule has 2 amide bonds. The fraction of sp³-hybridized carbons (Fsp3) is 0.136. The number of hydrogen-bond donors (Lipinski definition) is 2. The molecule has 1 aliphatic rings. The average Bonchev–Trinajstić information content (AvgIpc) is 2.83. The van der Waals surface area contributed by atoms with E-state index in [1.807, 2.05) is 54.4 Å². The monoisotopic (exact) mass is 372 g/mol. The topological polar surface area (TPSA) is 74.3 Å². The zero-order valence-corrected chi connectivity index (χ0v) is 15.5. The first-order valence-electron chi connectivity index (χ1n) is 9.10. The molecule has 0 aliphatic carbocycles. The predicted octanol–water partition coefficient (Wildman–Crippen LogP) is 3.39. The zero-order valence-electron chi connectivity index (χ0n) is 15.5. The van der Waals surface area contributed by atoms with Gasteiger partial charge in [-0.2, -0.15) is 0 Å². The summed E-state index contributed by atoms with van der Waals surface area (Å²) in [6, 6.07) is 18.5. The highest BCUT2D eigenvalue weighted by Crippen LogP contribution is 2.36. The molecule has 4 rings (SSSR count). The summed E-state index contributed by atoms with van der Waals surface area (Å²) in [7, 11) is 1.91. The standard InChI is InChI=1S/C22H20N4O2/c1-26-19-8-3-2-7-17(19)22(28)25-18-14-15(9-10-20(18)26)21(27)24-13-11-16-6-4-5-12-23-16/h2-10,12,14H,11,13H2,1H3,(H,24,27)(H,25,28). The van der Waals surface area contributed by atoms with Gasteiger partial charge in [0, 0.05) is 37.5 Å². The second kappa shape index (κ2) is 7.52. The number of anilines is 3. The molecule has 0 radical (unpaired) electrons. The van der Waals surface area contributed by atoms with Gasteiger partial charge in [-0.05, 0) is 42.5 Å². The summed E-state index contributed by atoms with van der Waals surface area (Å²) in [5, 5.41) is 5.82. The van der Waals surface area contributed by atoms with E-state index in [1.54, 1.807) is 24.4 Å². The molecule has 0 saturated carbocycles. The number of hydrogen-bond acceptors (Lipinski definition) is 4. The van der Waals surface area contributed by atoms with E-state index in [0.717, 1.165) is 17.1 Å². The van der Waals surface area contributed by atoms with Crippen LogP contribution in [0.4, 0.5) is 17.1 Å². The fourth-order valence-electron chi connectivity index (χ4n) is 3.30. The van der Waals surface area contributed by atoms with E-state index in [1.165, 1.54) is 0 Å². The van der Waals surface area contributed by atoms with Crippen molar-refractivity contribution in [3.8, 4) is 0 Å². The Morgan fingerprint density at radius 2 is 1.89 bits per heavy atom. The average molecular weight is 372 g/mol. The van der Waals surface area contributed by atoms with Crippen LogP contribution in [0.1, 0.15) is 26.4 Å². The first-order valence-corrected chi connectivity index (χ1v) is 9.10. The van der Waals surface area contributed by atoms with Crippen molar-refractivity contribution >= 4 is 28.9 Å².